The summed E-state index contributed by atoms with van der Waals surface area (Å²) in [5, 5.41) is 2.94. The number of fused-ring (bicyclic) bond motifs is 1. The topological polar surface area (TPSA) is 88.2 Å². The standard InChI is InChI=1S/C16H23N3O5S.ClH/c1-17-5-4-16(20)18-6-8-19(9-7-18)25(21,22)13-2-3-14-15(12-13)24-11-10-23-14;/h2-3,12,17H,4-11H2,1H3;1H. The fourth-order valence-corrected chi connectivity index (χ4v) is 4.34. The van der Waals surface area contributed by atoms with Crippen LogP contribution in [0.2, 0.25) is 0 Å². The fourth-order valence-electron chi connectivity index (χ4n) is 2.90. The number of benzene rings is 1. The molecular weight excluding hydrogens is 382 g/mol. The van der Waals surface area contributed by atoms with E-state index in [-0.39, 0.29) is 23.2 Å². The largest absolute Gasteiger partial charge is 0.486 e. The first kappa shape index (κ1) is 20.8. The summed E-state index contributed by atoms with van der Waals surface area (Å²) in [4.78, 5) is 13.9. The highest BCUT2D eigenvalue weighted by Crippen LogP contribution is 2.33. The molecule has 146 valence electrons. The van der Waals surface area contributed by atoms with Crippen LogP contribution in [0, 0.1) is 0 Å². The minimum absolute atomic E-state index is 0. The van der Waals surface area contributed by atoms with Crippen LogP contribution in [0.3, 0.4) is 0 Å². The van der Waals surface area contributed by atoms with E-state index in [1.807, 2.05) is 0 Å². The van der Waals surface area contributed by atoms with E-state index >= 15 is 0 Å². The summed E-state index contributed by atoms with van der Waals surface area (Å²) >= 11 is 0. The molecule has 0 unspecified atom stereocenters. The number of halogens is 1. The molecule has 1 saturated heterocycles. The molecule has 0 aliphatic carbocycles. The molecule has 26 heavy (non-hydrogen) atoms. The van der Waals surface area contributed by atoms with E-state index in [1.54, 1.807) is 18.0 Å². The Morgan fingerprint density at radius 3 is 2.42 bits per heavy atom. The number of carbonyl (C=O) groups is 1. The first-order valence-corrected chi connectivity index (χ1v) is 9.78. The van der Waals surface area contributed by atoms with Gasteiger partial charge in [-0.05, 0) is 19.2 Å². The Morgan fingerprint density at radius 1 is 1.12 bits per heavy atom. The first-order chi connectivity index (χ1) is 12.0. The molecule has 1 amide bonds. The number of amides is 1. The van der Waals surface area contributed by atoms with Gasteiger partial charge in [0.05, 0.1) is 4.90 Å². The van der Waals surface area contributed by atoms with E-state index in [0.717, 1.165) is 0 Å². The molecule has 0 atom stereocenters. The number of nitrogens with zero attached hydrogens (tertiary/aromatic N) is 2. The van der Waals surface area contributed by atoms with Crippen LogP contribution in [-0.2, 0) is 14.8 Å². The second-order valence-electron chi connectivity index (χ2n) is 5.94. The van der Waals surface area contributed by atoms with Gasteiger partial charge in [-0.25, -0.2) is 8.42 Å². The molecule has 0 aromatic heterocycles. The number of hydrogen-bond acceptors (Lipinski definition) is 6. The summed E-state index contributed by atoms with van der Waals surface area (Å²) in [6.07, 6.45) is 0.422. The summed E-state index contributed by atoms with van der Waals surface area (Å²) in [5.41, 5.74) is 0. The quantitative estimate of drug-likeness (QED) is 0.759. The second-order valence-corrected chi connectivity index (χ2v) is 7.88. The van der Waals surface area contributed by atoms with Crippen molar-refractivity contribution in [3.8, 4) is 11.5 Å². The third-order valence-electron chi connectivity index (χ3n) is 4.33. The second kappa shape index (κ2) is 8.90. The lowest BCUT2D eigenvalue weighted by Crippen LogP contribution is -2.50. The number of carbonyl (C=O) groups excluding carboxylic acids is 1. The van der Waals surface area contributed by atoms with Crippen molar-refractivity contribution >= 4 is 28.3 Å². The zero-order valence-corrected chi connectivity index (χ0v) is 16.3. The van der Waals surface area contributed by atoms with Gasteiger partial charge in [0.15, 0.2) is 11.5 Å². The molecule has 8 nitrogen and oxygen atoms in total. The normalized spacial score (nSPS) is 17.5. The SMILES string of the molecule is CNCCC(=O)N1CCN(S(=O)(=O)c2ccc3c(c2)OCCO3)CC1.Cl. The maximum Gasteiger partial charge on any atom is 0.243 e. The Balaban J connectivity index is 0.00000243. The third-order valence-corrected chi connectivity index (χ3v) is 6.23. The molecule has 3 rings (SSSR count). The molecule has 0 spiro atoms. The highest BCUT2D eigenvalue weighted by atomic mass is 35.5. The molecule has 0 radical (unpaired) electrons. The zero-order chi connectivity index (χ0) is 17.9. The maximum atomic E-state index is 12.8. The van der Waals surface area contributed by atoms with Crippen molar-refractivity contribution < 1.29 is 22.7 Å². The van der Waals surface area contributed by atoms with Crippen LogP contribution in [0.15, 0.2) is 23.1 Å². The Hall–Kier alpha value is -1.55. The van der Waals surface area contributed by atoms with Crippen LogP contribution in [0.1, 0.15) is 6.42 Å². The molecule has 10 heteroatoms. The van der Waals surface area contributed by atoms with Crippen molar-refractivity contribution in [3.05, 3.63) is 18.2 Å². The first-order valence-electron chi connectivity index (χ1n) is 8.34. The average Bonchev–Trinajstić information content (AvgIpc) is 2.65. The van der Waals surface area contributed by atoms with Crippen LogP contribution in [-0.4, -0.2) is 76.5 Å². The molecule has 0 saturated carbocycles. The smallest absolute Gasteiger partial charge is 0.243 e. The predicted octanol–water partition coefficient (Wildman–Crippen LogP) is 0.322. The van der Waals surface area contributed by atoms with E-state index in [2.05, 4.69) is 5.32 Å². The van der Waals surface area contributed by atoms with Crippen molar-refractivity contribution in [1.29, 1.82) is 0 Å². The summed E-state index contributed by atoms with van der Waals surface area (Å²) in [5.74, 6) is 1.06. The molecule has 2 heterocycles. The Kier molecular flexibility index (Phi) is 7.10. The van der Waals surface area contributed by atoms with Crippen LogP contribution in [0.4, 0.5) is 0 Å². The average molecular weight is 406 g/mol. The molecule has 2 aliphatic rings. The number of ether oxygens (including phenoxy) is 2. The number of sulfonamides is 1. The molecule has 0 bridgehead atoms. The van der Waals surface area contributed by atoms with Crippen LogP contribution >= 0.6 is 12.4 Å². The van der Waals surface area contributed by atoms with Gasteiger partial charge < -0.3 is 19.7 Å². The highest BCUT2D eigenvalue weighted by Gasteiger charge is 2.30. The van der Waals surface area contributed by atoms with Crippen LogP contribution < -0.4 is 14.8 Å². The van der Waals surface area contributed by atoms with Gasteiger partial charge in [-0.1, -0.05) is 0 Å². The number of hydrogen-bond donors (Lipinski definition) is 1. The van der Waals surface area contributed by atoms with Crippen molar-refractivity contribution in [3.63, 3.8) is 0 Å². The number of rotatable bonds is 5. The fraction of sp³-hybridized carbons (Fsp3) is 0.562. The van der Waals surface area contributed by atoms with Gasteiger partial charge in [0.1, 0.15) is 13.2 Å². The Morgan fingerprint density at radius 2 is 1.77 bits per heavy atom. The van der Waals surface area contributed by atoms with E-state index in [1.165, 1.54) is 16.4 Å². The van der Waals surface area contributed by atoms with Gasteiger partial charge in [0, 0.05) is 45.2 Å². The van der Waals surface area contributed by atoms with E-state index in [9.17, 15) is 13.2 Å². The lowest BCUT2D eigenvalue weighted by atomic mass is 10.3. The lowest BCUT2D eigenvalue weighted by Gasteiger charge is -2.34. The summed E-state index contributed by atoms with van der Waals surface area (Å²) in [6.45, 7) is 2.89. The Bertz CT molecular complexity index is 735. The number of piperazine rings is 1. The summed E-state index contributed by atoms with van der Waals surface area (Å²) in [6, 6.07) is 4.67. The van der Waals surface area contributed by atoms with Crippen molar-refractivity contribution in [1.82, 2.24) is 14.5 Å². The van der Waals surface area contributed by atoms with Crippen LogP contribution in [0.25, 0.3) is 0 Å². The predicted molar refractivity (Wildman–Crippen MR) is 98.6 cm³/mol. The molecule has 1 fully saturated rings. The van der Waals surface area contributed by atoms with Crippen molar-refractivity contribution in [2.45, 2.75) is 11.3 Å². The third kappa shape index (κ3) is 4.40. The summed E-state index contributed by atoms with van der Waals surface area (Å²) in [7, 11) is -1.82. The minimum atomic E-state index is -3.61. The van der Waals surface area contributed by atoms with E-state index < -0.39 is 10.0 Å². The maximum absolute atomic E-state index is 12.8. The van der Waals surface area contributed by atoms with E-state index in [4.69, 9.17) is 9.47 Å². The molecule has 1 N–H and O–H groups in total. The minimum Gasteiger partial charge on any atom is -0.486 e. The molecular formula is C16H24ClN3O5S. The zero-order valence-electron chi connectivity index (χ0n) is 14.6. The van der Waals surface area contributed by atoms with Gasteiger partial charge in [-0.2, -0.15) is 4.31 Å². The van der Waals surface area contributed by atoms with Crippen LogP contribution in [0.5, 0.6) is 11.5 Å². The van der Waals surface area contributed by atoms with Gasteiger partial charge in [-0.3, -0.25) is 4.79 Å². The Labute approximate surface area is 159 Å². The lowest BCUT2D eigenvalue weighted by molar-refractivity contribution is -0.132. The molecule has 1 aromatic carbocycles. The van der Waals surface area contributed by atoms with Crippen molar-refractivity contribution in [2.24, 2.45) is 0 Å². The van der Waals surface area contributed by atoms with Gasteiger partial charge in [0.2, 0.25) is 15.9 Å². The highest BCUT2D eigenvalue weighted by molar-refractivity contribution is 7.89. The monoisotopic (exact) mass is 405 g/mol. The van der Waals surface area contributed by atoms with Gasteiger partial charge >= 0.3 is 0 Å². The van der Waals surface area contributed by atoms with Gasteiger partial charge in [0.25, 0.3) is 0 Å². The molecule has 2 aliphatic heterocycles. The van der Waals surface area contributed by atoms with Crippen molar-refractivity contribution in [2.75, 3.05) is 53.0 Å². The molecule has 1 aromatic rings. The van der Waals surface area contributed by atoms with E-state index in [0.29, 0.717) is 63.9 Å². The number of nitrogens with one attached hydrogen (secondary N) is 1. The summed E-state index contributed by atoms with van der Waals surface area (Å²) < 4.78 is 38.0. The van der Waals surface area contributed by atoms with Gasteiger partial charge in [-0.15, -0.1) is 12.4 Å².